The van der Waals surface area contributed by atoms with Crippen molar-refractivity contribution in [2.75, 3.05) is 0 Å². The molecule has 0 amide bonds. The van der Waals surface area contributed by atoms with Gasteiger partial charge in [-0.05, 0) is 48.8 Å². The highest BCUT2D eigenvalue weighted by Crippen LogP contribution is 2.37. The molecule has 1 saturated carbocycles. The van der Waals surface area contributed by atoms with Gasteiger partial charge in [0.25, 0.3) is 0 Å². The van der Waals surface area contributed by atoms with E-state index in [1.807, 2.05) is 0 Å². The van der Waals surface area contributed by atoms with Gasteiger partial charge in [-0.15, -0.1) is 0 Å². The second kappa shape index (κ2) is 5.34. The van der Waals surface area contributed by atoms with Crippen molar-refractivity contribution in [2.24, 2.45) is 5.92 Å². The number of hydrogen-bond acceptors (Lipinski definition) is 1. The quantitative estimate of drug-likeness (QED) is 0.841. The lowest BCUT2D eigenvalue weighted by molar-refractivity contribution is 0.280. The molecule has 0 aliphatic heterocycles. The minimum atomic E-state index is 0.591. The van der Waals surface area contributed by atoms with Crippen LogP contribution in [-0.2, 0) is 6.42 Å². The number of halogens is 1. The van der Waals surface area contributed by atoms with Crippen LogP contribution < -0.4 is 5.32 Å². The van der Waals surface area contributed by atoms with E-state index < -0.39 is 0 Å². The van der Waals surface area contributed by atoms with Crippen LogP contribution in [-0.4, -0.2) is 6.04 Å². The van der Waals surface area contributed by atoms with Gasteiger partial charge >= 0.3 is 0 Å². The van der Waals surface area contributed by atoms with Crippen LogP contribution in [0.1, 0.15) is 56.2 Å². The minimum Gasteiger partial charge on any atom is -0.307 e. The molecule has 98 valence electrons. The zero-order valence-electron chi connectivity index (χ0n) is 11.1. The van der Waals surface area contributed by atoms with Crippen molar-refractivity contribution in [1.82, 2.24) is 5.32 Å². The Kier molecular flexibility index (Phi) is 3.76. The van der Waals surface area contributed by atoms with Gasteiger partial charge < -0.3 is 5.32 Å². The molecule has 0 spiro atoms. The largest absolute Gasteiger partial charge is 0.307 e. The van der Waals surface area contributed by atoms with E-state index in [9.17, 15) is 0 Å². The Morgan fingerprint density at radius 3 is 2.94 bits per heavy atom. The van der Waals surface area contributed by atoms with Gasteiger partial charge in [0.1, 0.15) is 0 Å². The van der Waals surface area contributed by atoms with E-state index in [4.69, 9.17) is 0 Å². The highest BCUT2D eigenvalue weighted by Gasteiger charge is 2.27. The molecule has 3 atom stereocenters. The lowest BCUT2D eigenvalue weighted by atomic mass is 9.86. The summed E-state index contributed by atoms with van der Waals surface area (Å²) in [6.07, 6.45) is 8.03. The van der Waals surface area contributed by atoms with Gasteiger partial charge in [-0.2, -0.15) is 0 Å². The molecular weight excluding hydrogens is 286 g/mol. The second-order valence-corrected chi connectivity index (χ2v) is 6.89. The summed E-state index contributed by atoms with van der Waals surface area (Å²) in [4.78, 5) is 0. The molecule has 18 heavy (non-hydrogen) atoms. The Morgan fingerprint density at radius 2 is 2.11 bits per heavy atom. The maximum atomic E-state index is 3.91. The first kappa shape index (κ1) is 12.7. The third-order valence-electron chi connectivity index (χ3n) is 4.59. The summed E-state index contributed by atoms with van der Waals surface area (Å²) in [6, 6.07) is 7.98. The highest BCUT2D eigenvalue weighted by atomic mass is 79.9. The van der Waals surface area contributed by atoms with Gasteiger partial charge in [-0.25, -0.2) is 0 Å². The monoisotopic (exact) mass is 307 g/mol. The normalized spacial score (nSPS) is 31.3. The average Bonchev–Trinajstić information content (AvgIpc) is 2.74. The van der Waals surface area contributed by atoms with Crippen LogP contribution in [0.5, 0.6) is 0 Å². The van der Waals surface area contributed by atoms with Crippen LogP contribution >= 0.6 is 15.9 Å². The van der Waals surface area contributed by atoms with Crippen molar-refractivity contribution < 1.29 is 0 Å². The maximum Gasteiger partial charge on any atom is 0.0328 e. The van der Waals surface area contributed by atoms with Crippen LogP contribution in [0, 0.1) is 5.92 Å². The zero-order valence-corrected chi connectivity index (χ0v) is 12.7. The topological polar surface area (TPSA) is 12.0 Å². The molecule has 0 aromatic heterocycles. The molecule has 3 unspecified atom stereocenters. The van der Waals surface area contributed by atoms with Gasteiger partial charge in [0, 0.05) is 16.6 Å². The van der Waals surface area contributed by atoms with Crippen LogP contribution in [0.3, 0.4) is 0 Å². The number of hydrogen-bond donors (Lipinski definition) is 1. The smallest absolute Gasteiger partial charge is 0.0328 e. The molecule has 2 aliphatic rings. The van der Waals surface area contributed by atoms with Gasteiger partial charge in [0.05, 0.1) is 0 Å². The summed E-state index contributed by atoms with van der Waals surface area (Å²) >= 11 is 3.68. The highest BCUT2D eigenvalue weighted by molar-refractivity contribution is 9.10. The molecule has 0 bridgehead atoms. The fourth-order valence-electron chi connectivity index (χ4n) is 3.65. The van der Waals surface area contributed by atoms with Gasteiger partial charge in [-0.3, -0.25) is 0 Å². The molecule has 0 saturated heterocycles. The Balaban J connectivity index is 1.71. The molecule has 2 aliphatic carbocycles. The molecule has 0 radical (unpaired) electrons. The van der Waals surface area contributed by atoms with E-state index in [1.54, 1.807) is 0 Å². The van der Waals surface area contributed by atoms with Crippen molar-refractivity contribution >= 4 is 15.9 Å². The third kappa shape index (κ3) is 2.50. The first-order valence-corrected chi connectivity index (χ1v) is 8.06. The molecule has 1 fully saturated rings. The van der Waals surface area contributed by atoms with Gasteiger partial charge in [0.15, 0.2) is 0 Å². The molecule has 3 rings (SSSR count). The number of rotatable bonds is 2. The fourth-order valence-corrected chi connectivity index (χ4v) is 4.23. The molecule has 0 heterocycles. The first-order valence-electron chi connectivity index (χ1n) is 7.27. The predicted octanol–water partition coefficient (Wildman–Crippen LogP) is 4.60. The maximum absolute atomic E-state index is 3.91. The predicted molar refractivity (Wildman–Crippen MR) is 79.8 cm³/mol. The Hall–Kier alpha value is -0.340. The lowest BCUT2D eigenvalue weighted by Crippen LogP contribution is -2.35. The van der Waals surface area contributed by atoms with Crippen LogP contribution in [0.25, 0.3) is 0 Å². The third-order valence-corrected chi connectivity index (χ3v) is 5.33. The summed E-state index contributed by atoms with van der Waals surface area (Å²) in [5, 5.41) is 3.91. The second-order valence-electron chi connectivity index (χ2n) is 6.03. The van der Waals surface area contributed by atoms with Crippen LogP contribution in [0.4, 0.5) is 0 Å². The Labute approximate surface area is 118 Å². The van der Waals surface area contributed by atoms with Crippen LogP contribution in [0.15, 0.2) is 22.7 Å². The SMILES string of the molecule is CC1CCCC(NC2CCc3c(Br)cccc32)C1. The van der Waals surface area contributed by atoms with E-state index in [-0.39, 0.29) is 0 Å². The average molecular weight is 308 g/mol. The summed E-state index contributed by atoms with van der Waals surface area (Å²) in [5.74, 6) is 0.902. The summed E-state index contributed by atoms with van der Waals surface area (Å²) < 4.78 is 1.29. The molecule has 1 N–H and O–H groups in total. The van der Waals surface area contributed by atoms with Crippen molar-refractivity contribution in [2.45, 2.75) is 57.5 Å². The van der Waals surface area contributed by atoms with E-state index in [1.165, 1.54) is 54.1 Å². The van der Waals surface area contributed by atoms with E-state index in [2.05, 4.69) is 46.4 Å². The number of fused-ring (bicyclic) bond motifs is 1. The molecular formula is C16H22BrN. The van der Waals surface area contributed by atoms with Crippen LogP contribution in [0.2, 0.25) is 0 Å². The first-order chi connectivity index (χ1) is 8.74. The van der Waals surface area contributed by atoms with Crippen molar-refractivity contribution in [3.8, 4) is 0 Å². The van der Waals surface area contributed by atoms with Crippen molar-refractivity contribution in [1.29, 1.82) is 0 Å². The van der Waals surface area contributed by atoms with E-state index in [0.717, 1.165) is 12.0 Å². The lowest BCUT2D eigenvalue weighted by Gasteiger charge is -2.30. The molecule has 2 heteroatoms. The van der Waals surface area contributed by atoms with Gasteiger partial charge in [0.2, 0.25) is 0 Å². The summed E-state index contributed by atoms with van der Waals surface area (Å²) in [6.45, 7) is 2.40. The summed E-state index contributed by atoms with van der Waals surface area (Å²) in [7, 11) is 0. The molecule has 1 aromatic carbocycles. The molecule has 1 nitrogen and oxygen atoms in total. The molecule has 1 aromatic rings. The Morgan fingerprint density at radius 1 is 1.22 bits per heavy atom. The van der Waals surface area contributed by atoms with E-state index in [0.29, 0.717) is 6.04 Å². The zero-order chi connectivity index (χ0) is 12.5. The minimum absolute atomic E-state index is 0.591. The van der Waals surface area contributed by atoms with Gasteiger partial charge in [-0.1, -0.05) is 47.8 Å². The van der Waals surface area contributed by atoms with Crippen molar-refractivity contribution in [3.05, 3.63) is 33.8 Å². The number of nitrogens with one attached hydrogen (secondary N) is 1. The van der Waals surface area contributed by atoms with Crippen molar-refractivity contribution in [3.63, 3.8) is 0 Å². The van der Waals surface area contributed by atoms with E-state index >= 15 is 0 Å². The Bertz CT molecular complexity index is 429. The summed E-state index contributed by atoms with van der Waals surface area (Å²) in [5.41, 5.74) is 3.06. The standard InChI is InChI=1S/C16H22BrN/c1-11-4-2-5-12(10-11)18-16-9-8-13-14(16)6-3-7-15(13)17/h3,6-7,11-12,16,18H,2,4-5,8-10H2,1H3. The fraction of sp³-hybridized carbons (Fsp3) is 0.625. The number of benzene rings is 1.